The first-order chi connectivity index (χ1) is 8.27. The summed E-state index contributed by atoms with van der Waals surface area (Å²) in [5.74, 6) is 0.804. The van der Waals surface area contributed by atoms with Gasteiger partial charge in [-0.2, -0.15) is 0 Å². The van der Waals surface area contributed by atoms with E-state index in [4.69, 9.17) is 4.74 Å². The van der Waals surface area contributed by atoms with Crippen molar-refractivity contribution in [2.45, 2.75) is 13.0 Å². The highest BCUT2D eigenvalue weighted by Gasteiger charge is 2.23. The first-order valence-corrected chi connectivity index (χ1v) is 5.98. The number of carbonyl (C=O) groups is 1. The molecule has 0 aromatic heterocycles. The molecule has 0 unspecified atom stereocenters. The molecule has 1 saturated heterocycles. The predicted octanol–water partition coefficient (Wildman–Crippen LogP) is 0.886. The van der Waals surface area contributed by atoms with Crippen molar-refractivity contribution in [3.05, 3.63) is 30.3 Å². The van der Waals surface area contributed by atoms with Crippen molar-refractivity contribution in [2.75, 3.05) is 26.2 Å². The molecule has 0 saturated carbocycles. The monoisotopic (exact) mass is 234 g/mol. The maximum Gasteiger partial charge on any atom is 0.263 e. The van der Waals surface area contributed by atoms with Crippen LogP contribution in [0.25, 0.3) is 0 Å². The lowest BCUT2D eigenvalue weighted by Crippen LogP contribution is -2.50. The zero-order valence-corrected chi connectivity index (χ0v) is 10.1. The summed E-state index contributed by atoms with van der Waals surface area (Å²) < 4.78 is 5.62. The first kappa shape index (κ1) is 11.9. The number of benzene rings is 1. The zero-order valence-electron chi connectivity index (χ0n) is 10.1. The Morgan fingerprint density at radius 2 is 1.94 bits per heavy atom. The summed E-state index contributed by atoms with van der Waals surface area (Å²) in [6.07, 6.45) is -0.421. The number of ether oxygens (including phenoxy) is 1. The van der Waals surface area contributed by atoms with Crippen molar-refractivity contribution in [1.82, 2.24) is 10.2 Å². The highest BCUT2D eigenvalue weighted by atomic mass is 16.5. The van der Waals surface area contributed by atoms with E-state index in [-0.39, 0.29) is 5.91 Å². The highest BCUT2D eigenvalue weighted by molar-refractivity contribution is 5.81. The number of hydrogen-bond acceptors (Lipinski definition) is 3. The Bertz CT molecular complexity index is 361. The average molecular weight is 234 g/mol. The molecule has 92 valence electrons. The molecule has 0 aliphatic carbocycles. The number of hydrogen-bond donors (Lipinski definition) is 1. The van der Waals surface area contributed by atoms with Gasteiger partial charge in [0, 0.05) is 26.2 Å². The van der Waals surface area contributed by atoms with Crippen LogP contribution in [0.4, 0.5) is 0 Å². The largest absolute Gasteiger partial charge is 0.481 e. The van der Waals surface area contributed by atoms with Gasteiger partial charge in [-0.05, 0) is 19.1 Å². The summed E-state index contributed by atoms with van der Waals surface area (Å²) in [5.41, 5.74) is 0. The van der Waals surface area contributed by atoms with Crippen LogP contribution < -0.4 is 10.1 Å². The van der Waals surface area contributed by atoms with Crippen LogP contribution in [0.1, 0.15) is 6.92 Å². The molecule has 0 bridgehead atoms. The quantitative estimate of drug-likeness (QED) is 0.844. The van der Waals surface area contributed by atoms with Gasteiger partial charge in [0.05, 0.1) is 0 Å². The second-order valence-corrected chi connectivity index (χ2v) is 4.15. The minimum absolute atomic E-state index is 0.0651. The zero-order chi connectivity index (χ0) is 12.1. The predicted molar refractivity (Wildman–Crippen MR) is 66.0 cm³/mol. The van der Waals surface area contributed by atoms with E-state index >= 15 is 0 Å². The number of amides is 1. The molecule has 1 aliphatic rings. The van der Waals surface area contributed by atoms with Gasteiger partial charge in [0.2, 0.25) is 0 Å². The third-order valence-electron chi connectivity index (χ3n) is 2.83. The Morgan fingerprint density at radius 3 is 2.59 bits per heavy atom. The van der Waals surface area contributed by atoms with E-state index < -0.39 is 6.10 Å². The smallest absolute Gasteiger partial charge is 0.263 e. The van der Waals surface area contributed by atoms with Crippen LogP contribution in [-0.4, -0.2) is 43.1 Å². The van der Waals surface area contributed by atoms with Crippen LogP contribution >= 0.6 is 0 Å². The van der Waals surface area contributed by atoms with Gasteiger partial charge in [0.1, 0.15) is 5.75 Å². The molecule has 1 atom stereocenters. The lowest BCUT2D eigenvalue weighted by Gasteiger charge is -2.29. The molecule has 0 radical (unpaired) electrons. The Kier molecular flexibility index (Phi) is 3.98. The van der Waals surface area contributed by atoms with Crippen molar-refractivity contribution >= 4 is 5.91 Å². The van der Waals surface area contributed by atoms with Crippen molar-refractivity contribution in [2.24, 2.45) is 0 Å². The fraction of sp³-hybridized carbons (Fsp3) is 0.462. The van der Waals surface area contributed by atoms with Gasteiger partial charge in [-0.25, -0.2) is 0 Å². The molecule has 2 rings (SSSR count). The van der Waals surface area contributed by atoms with E-state index in [1.165, 1.54) is 0 Å². The Labute approximate surface area is 102 Å². The average Bonchev–Trinajstić information content (AvgIpc) is 2.40. The van der Waals surface area contributed by atoms with E-state index in [1.54, 1.807) is 6.92 Å². The van der Waals surface area contributed by atoms with Crippen LogP contribution in [0.5, 0.6) is 5.75 Å². The third kappa shape index (κ3) is 3.20. The van der Waals surface area contributed by atoms with Gasteiger partial charge < -0.3 is 15.0 Å². The Balaban J connectivity index is 1.90. The molecule has 17 heavy (non-hydrogen) atoms. The standard InChI is InChI=1S/C13H18N2O2/c1-11(17-12-5-3-2-4-6-12)13(16)15-9-7-14-8-10-15/h2-6,11,14H,7-10H2,1H3/t11-/m1/s1. The molecule has 4 heteroatoms. The molecule has 1 aliphatic heterocycles. The molecular weight excluding hydrogens is 216 g/mol. The summed E-state index contributed by atoms with van der Waals surface area (Å²) in [7, 11) is 0. The maximum atomic E-state index is 12.1. The van der Waals surface area contributed by atoms with Gasteiger partial charge in [-0.1, -0.05) is 18.2 Å². The lowest BCUT2D eigenvalue weighted by atomic mass is 10.3. The van der Waals surface area contributed by atoms with Crippen LogP contribution in [0, 0.1) is 0 Å². The van der Waals surface area contributed by atoms with Crippen LogP contribution in [-0.2, 0) is 4.79 Å². The second kappa shape index (κ2) is 5.68. The summed E-state index contributed by atoms with van der Waals surface area (Å²) in [5, 5.41) is 3.22. The van der Waals surface area contributed by atoms with Gasteiger partial charge in [-0.3, -0.25) is 4.79 Å². The Morgan fingerprint density at radius 1 is 1.29 bits per heavy atom. The van der Waals surface area contributed by atoms with Crippen LogP contribution in [0.3, 0.4) is 0 Å². The number of nitrogens with one attached hydrogen (secondary N) is 1. The van der Waals surface area contributed by atoms with E-state index in [2.05, 4.69) is 5.32 Å². The SMILES string of the molecule is C[C@@H](Oc1ccccc1)C(=O)N1CCNCC1. The van der Waals surface area contributed by atoms with Gasteiger partial charge >= 0.3 is 0 Å². The van der Waals surface area contributed by atoms with E-state index in [1.807, 2.05) is 35.2 Å². The fourth-order valence-electron chi connectivity index (χ4n) is 1.90. The number of nitrogens with zero attached hydrogens (tertiary/aromatic N) is 1. The van der Waals surface area contributed by atoms with E-state index in [0.717, 1.165) is 31.9 Å². The number of rotatable bonds is 3. The van der Waals surface area contributed by atoms with Crippen molar-refractivity contribution < 1.29 is 9.53 Å². The highest BCUT2D eigenvalue weighted by Crippen LogP contribution is 2.12. The molecular formula is C13H18N2O2. The molecule has 1 N–H and O–H groups in total. The maximum absolute atomic E-state index is 12.1. The summed E-state index contributed by atoms with van der Waals surface area (Å²) in [4.78, 5) is 13.9. The fourth-order valence-corrected chi connectivity index (χ4v) is 1.90. The molecule has 4 nitrogen and oxygen atoms in total. The lowest BCUT2D eigenvalue weighted by molar-refractivity contribution is -0.138. The normalized spacial score (nSPS) is 17.6. The van der Waals surface area contributed by atoms with Crippen LogP contribution in [0.15, 0.2) is 30.3 Å². The minimum atomic E-state index is -0.421. The van der Waals surface area contributed by atoms with Gasteiger partial charge in [0.15, 0.2) is 6.10 Å². The van der Waals surface area contributed by atoms with Gasteiger partial charge in [0.25, 0.3) is 5.91 Å². The third-order valence-corrected chi connectivity index (χ3v) is 2.83. The van der Waals surface area contributed by atoms with E-state index in [0.29, 0.717) is 0 Å². The molecule has 1 fully saturated rings. The van der Waals surface area contributed by atoms with Crippen molar-refractivity contribution in [3.63, 3.8) is 0 Å². The number of piperazine rings is 1. The van der Waals surface area contributed by atoms with E-state index in [9.17, 15) is 4.79 Å². The minimum Gasteiger partial charge on any atom is -0.481 e. The second-order valence-electron chi connectivity index (χ2n) is 4.15. The number of carbonyl (C=O) groups excluding carboxylic acids is 1. The molecule has 1 aromatic rings. The summed E-state index contributed by atoms with van der Waals surface area (Å²) in [6.45, 7) is 5.06. The van der Waals surface area contributed by atoms with Crippen LogP contribution in [0.2, 0.25) is 0 Å². The first-order valence-electron chi connectivity index (χ1n) is 5.98. The van der Waals surface area contributed by atoms with Crippen molar-refractivity contribution in [3.8, 4) is 5.75 Å². The summed E-state index contributed by atoms with van der Waals surface area (Å²) in [6, 6.07) is 9.45. The number of para-hydroxylation sites is 1. The Hall–Kier alpha value is -1.55. The molecule has 0 spiro atoms. The molecule has 1 amide bonds. The topological polar surface area (TPSA) is 41.6 Å². The molecule has 1 heterocycles. The summed E-state index contributed by atoms with van der Waals surface area (Å²) >= 11 is 0. The van der Waals surface area contributed by atoms with Gasteiger partial charge in [-0.15, -0.1) is 0 Å². The van der Waals surface area contributed by atoms with Crippen molar-refractivity contribution in [1.29, 1.82) is 0 Å². The molecule has 1 aromatic carbocycles.